The Bertz CT molecular complexity index is 930. The summed E-state index contributed by atoms with van der Waals surface area (Å²) in [7, 11) is -3.39. The molecule has 9 heteroatoms. The maximum absolute atomic E-state index is 12.8. The van der Waals surface area contributed by atoms with E-state index in [1.165, 1.54) is 29.8 Å². The third-order valence-electron chi connectivity index (χ3n) is 4.17. The predicted octanol–water partition coefficient (Wildman–Crippen LogP) is 3.81. The highest BCUT2D eigenvalue weighted by molar-refractivity contribution is 7.90. The number of hydrogen-bond acceptors (Lipinski definition) is 6. The number of anilines is 1. The standard InChI is InChI=1S/C17H18ClN3O3S2/c1-26(23,24)15-7-6-12(9-19-15)13(8-11-4-2-3-5-11)16(22)21-17-20-10-14(18)25-17/h6-11H,2-5H2,1H3,(H,20,21,22). The van der Waals surface area contributed by atoms with Crippen LogP contribution in [0, 0.1) is 5.92 Å². The van der Waals surface area contributed by atoms with Gasteiger partial charge >= 0.3 is 0 Å². The molecule has 0 saturated heterocycles. The van der Waals surface area contributed by atoms with Crippen LogP contribution in [-0.2, 0) is 14.6 Å². The summed E-state index contributed by atoms with van der Waals surface area (Å²) in [5.74, 6) is 0.0158. The second-order valence-corrected chi connectivity index (χ2v) is 9.83. The van der Waals surface area contributed by atoms with Crippen LogP contribution in [0.25, 0.3) is 5.57 Å². The molecule has 0 radical (unpaired) electrons. The van der Waals surface area contributed by atoms with Crippen molar-refractivity contribution in [3.05, 3.63) is 40.5 Å². The van der Waals surface area contributed by atoms with Gasteiger partial charge in [0.2, 0.25) is 0 Å². The van der Waals surface area contributed by atoms with Crippen LogP contribution in [0.2, 0.25) is 4.34 Å². The summed E-state index contributed by atoms with van der Waals surface area (Å²) in [6.45, 7) is 0. The highest BCUT2D eigenvalue weighted by Gasteiger charge is 2.20. The number of hydrogen-bond donors (Lipinski definition) is 1. The van der Waals surface area contributed by atoms with Crippen LogP contribution >= 0.6 is 22.9 Å². The van der Waals surface area contributed by atoms with E-state index in [2.05, 4.69) is 15.3 Å². The van der Waals surface area contributed by atoms with E-state index in [-0.39, 0.29) is 10.9 Å². The molecule has 138 valence electrons. The molecule has 1 aliphatic rings. The average Bonchev–Trinajstić information content (AvgIpc) is 3.23. The fraction of sp³-hybridized carbons (Fsp3) is 0.353. The number of thiazole rings is 1. The van der Waals surface area contributed by atoms with Gasteiger partial charge in [-0.2, -0.15) is 0 Å². The summed E-state index contributed by atoms with van der Waals surface area (Å²) in [6.07, 6.45) is 10.3. The van der Waals surface area contributed by atoms with Crippen LogP contribution in [0.3, 0.4) is 0 Å². The maximum Gasteiger partial charge on any atom is 0.257 e. The highest BCUT2D eigenvalue weighted by Crippen LogP contribution is 2.30. The minimum absolute atomic E-state index is 0.0198. The lowest BCUT2D eigenvalue weighted by Gasteiger charge is -2.11. The number of halogens is 1. The van der Waals surface area contributed by atoms with Crippen LogP contribution in [-0.4, -0.2) is 30.5 Å². The van der Waals surface area contributed by atoms with Crippen LogP contribution in [0.1, 0.15) is 31.2 Å². The predicted molar refractivity (Wildman–Crippen MR) is 103 cm³/mol. The van der Waals surface area contributed by atoms with Crippen molar-refractivity contribution in [2.24, 2.45) is 5.92 Å². The number of carbonyl (C=O) groups excluding carboxylic acids is 1. The zero-order valence-corrected chi connectivity index (χ0v) is 16.5. The van der Waals surface area contributed by atoms with Gasteiger partial charge in [-0.05, 0) is 30.9 Å². The summed E-state index contributed by atoms with van der Waals surface area (Å²) in [5, 5.41) is 3.14. The van der Waals surface area contributed by atoms with Gasteiger partial charge in [-0.1, -0.05) is 41.9 Å². The number of amides is 1. The van der Waals surface area contributed by atoms with Gasteiger partial charge in [-0.3, -0.25) is 10.1 Å². The van der Waals surface area contributed by atoms with Gasteiger partial charge in [0.05, 0.1) is 6.20 Å². The Hall–Kier alpha value is -1.77. The molecule has 0 bridgehead atoms. The van der Waals surface area contributed by atoms with E-state index in [9.17, 15) is 13.2 Å². The largest absolute Gasteiger partial charge is 0.298 e. The molecule has 2 heterocycles. The summed E-state index contributed by atoms with van der Waals surface area (Å²) in [5.41, 5.74) is 1.04. The van der Waals surface area contributed by atoms with Crippen molar-refractivity contribution < 1.29 is 13.2 Å². The number of nitrogens with one attached hydrogen (secondary N) is 1. The van der Waals surface area contributed by atoms with Gasteiger partial charge < -0.3 is 0 Å². The lowest BCUT2D eigenvalue weighted by molar-refractivity contribution is -0.111. The normalized spacial score (nSPS) is 16.0. The van der Waals surface area contributed by atoms with Crippen molar-refractivity contribution in [1.29, 1.82) is 0 Å². The number of pyridine rings is 1. The van der Waals surface area contributed by atoms with Crippen molar-refractivity contribution in [3.63, 3.8) is 0 Å². The first-order valence-electron chi connectivity index (χ1n) is 8.14. The first kappa shape index (κ1) is 19.0. The van der Waals surface area contributed by atoms with E-state index in [0.717, 1.165) is 31.9 Å². The first-order valence-corrected chi connectivity index (χ1v) is 11.2. The second kappa shape index (κ2) is 7.85. The molecule has 1 fully saturated rings. The molecule has 26 heavy (non-hydrogen) atoms. The molecule has 0 unspecified atom stereocenters. The molecule has 3 rings (SSSR count). The summed E-state index contributed by atoms with van der Waals surface area (Å²) < 4.78 is 23.7. The zero-order valence-electron chi connectivity index (χ0n) is 14.1. The van der Waals surface area contributed by atoms with Gasteiger partial charge in [0.1, 0.15) is 4.34 Å². The lowest BCUT2D eigenvalue weighted by Crippen LogP contribution is -2.15. The molecule has 1 saturated carbocycles. The van der Waals surface area contributed by atoms with E-state index in [1.54, 1.807) is 6.07 Å². The number of allylic oxidation sites excluding steroid dienone is 1. The van der Waals surface area contributed by atoms with Crippen molar-refractivity contribution in [1.82, 2.24) is 9.97 Å². The topological polar surface area (TPSA) is 89.0 Å². The van der Waals surface area contributed by atoms with E-state index in [4.69, 9.17) is 11.6 Å². The molecule has 2 aromatic rings. The molecule has 1 amide bonds. The van der Waals surface area contributed by atoms with E-state index < -0.39 is 9.84 Å². The van der Waals surface area contributed by atoms with Crippen LogP contribution in [0.5, 0.6) is 0 Å². The lowest BCUT2D eigenvalue weighted by atomic mass is 9.99. The summed E-state index contributed by atoms with van der Waals surface area (Å²) in [4.78, 5) is 20.8. The molecule has 0 aromatic carbocycles. The monoisotopic (exact) mass is 411 g/mol. The molecule has 2 aromatic heterocycles. The third-order valence-corrected chi connectivity index (χ3v) is 6.20. The maximum atomic E-state index is 12.8. The van der Waals surface area contributed by atoms with Crippen molar-refractivity contribution in [2.75, 3.05) is 11.6 Å². The molecule has 0 aliphatic heterocycles. The van der Waals surface area contributed by atoms with Crippen LogP contribution < -0.4 is 5.32 Å². The summed E-state index contributed by atoms with van der Waals surface area (Å²) in [6, 6.07) is 3.03. The molecule has 0 spiro atoms. The molecular formula is C17H18ClN3O3S2. The fourth-order valence-electron chi connectivity index (χ4n) is 2.90. The SMILES string of the molecule is CS(=O)(=O)c1ccc(C(=CC2CCCC2)C(=O)Nc2ncc(Cl)s2)cn1. The minimum Gasteiger partial charge on any atom is -0.298 e. The Morgan fingerprint density at radius 2 is 2.00 bits per heavy atom. The Morgan fingerprint density at radius 1 is 1.27 bits per heavy atom. The van der Waals surface area contributed by atoms with Crippen LogP contribution in [0.4, 0.5) is 5.13 Å². The number of aromatic nitrogens is 2. The quantitative estimate of drug-likeness (QED) is 0.755. The number of carbonyl (C=O) groups is 1. The van der Waals surface area contributed by atoms with Gasteiger partial charge in [-0.25, -0.2) is 18.4 Å². The smallest absolute Gasteiger partial charge is 0.257 e. The zero-order chi connectivity index (χ0) is 18.7. The highest BCUT2D eigenvalue weighted by atomic mass is 35.5. The van der Waals surface area contributed by atoms with E-state index >= 15 is 0 Å². The molecule has 1 aliphatic carbocycles. The molecular weight excluding hydrogens is 394 g/mol. The summed E-state index contributed by atoms with van der Waals surface area (Å²) >= 11 is 7.04. The van der Waals surface area contributed by atoms with Crippen molar-refractivity contribution >= 4 is 49.4 Å². The fourth-order valence-corrected chi connectivity index (χ4v) is 4.27. The molecule has 1 N–H and O–H groups in total. The average molecular weight is 412 g/mol. The number of sulfone groups is 1. The third kappa shape index (κ3) is 4.69. The van der Waals surface area contributed by atoms with Gasteiger partial charge in [0.25, 0.3) is 5.91 Å². The Labute approximate surface area is 161 Å². The van der Waals surface area contributed by atoms with Gasteiger partial charge in [0.15, 0.2) is 20.0 Å². The second-order valence-electron chi connectivity index (χ2n) is 6.21. The van der Waals surface area contributed by atoms with Gasteiger partial charge in [0, 0.05) is 23.6 Å². The van der Waals surface area contributed by atoms with Gasteiger partial charge in [-0.15, -0.1) is 0 Å². The first-order chi connectivity index (χ1) is 12.3. The molecule has 0 atom stereocenters. The van der Waals surface area contributed by atoms with E-state index in [0.29, 0.717) is 26.5 Å². The van der Waals surface area contributed by atoms with E-state index in [1.807, 2.05) is 6.08 Å². The minimum atomic E-state index is -3.39. The number of rotatable bonds is 5. The van der Waals surface area contributed by atoms with Crippen molar-refractivity contribution in [3.8, 4) is 0 Å². The Kier molecular flexibility index (Phi) is 5.74. The Morgan fingerprint density at radius 3 is 2.54 bits per heavy atom. The molecule has 6 nitrogen and oxygen atoms in total. The Balaban J connectivity index is 1.91. The van der Waals surface area contributed by atoms with Crippen molar-refractivity contribution in [2.45, 2.75) is 30.7 Å². The van der Waals surface area contributed by atoms with Crippen LogP contribution in [0.15, 0.2) is 35.6 Å². The number of nitrogens with zero attached hydrogens (tertiary/aromatic N) is 2.